The van der Waals surface area contributed by atoms with Crippen molar-refractivity contribution in [1.29, 1.82) is 0 Å². The molecule has 1 aliphatic heterocycles. The fraction of sp³-hybridized carbons (Fsp3) is 0.630. The molecule has 0 radical (unpaired) electrons. The van der Waals surface area contributed by atoms with Crippen molar-refractivity contribution in [2.45, 2.75) is 65.0 Å². The highest BCUT2D eigenvalue weighted by Crippen LogP contribution is 2.65. The summed E-state index contributed by atoms with van der Waals surface area (Å²) in [6, 6.07) is 6.94. The number of hydrogen-bond acceptors (Lipinski definition) is 2. The van der Waals surface area contributed by atoms with E-state index < -0.39 is 0 Å². The van der Waals surface area contributed by atoms with Crippen LogP contribution in [0.4, 0.5) is 4.39 Å². The monoisotopic (exact) mass is 438 g/mol. The Kier molecular flexibility index (Phi) is 5.22. The molecule has 172 valence electrons. The second-order valence-electron chi connectivity index (χ2n) is 11.1. The van der Waals surface area contributed by atoms with E-state index >= 15 is 0 Å². The molecular formula is C27H35FN2O2. The van der Waals surface area contributed by atoms with E-state index in [0.29, 0.717) is 23.3 Å². The summed E-state index contributed by atoms with van der Waals surface area (Å²) in [6.07, 6.45) is 10.3. The minimum atomic E-state index is -0.266. The number of benzene rings is 1. The van der Waals surface area contributed by atoms with Gasteiger partial charge >= 0.3 is 0 Å². The number of nitrogens with zero attached hydrogens (tertiary/aromatic N) is 1. The molecule has 5 heteroatoms. The molecule has 32 heavy (non-hydrogen) atoms. The first-order chi connectivity index (χ1) is 15.3. The molecule has 0 aromatic heterocycles. The Balaban J connectivity index is 1.33. The van der Waals surface area contributed by atoms with Gasteiger partial charge in [-0.1, -0.05) is 38.1 Å². The summed E-state index contributed by atoms with van der Waals surface area (Å²) in [5.41, 5.74) is 0.570. The second kappa shape index (κ2) is 7.71. The molecule has 2 unspecified atom stereocenters. The van der Waals surface area contributed by atoms with Crippen LogP contribution in [0.2, 0.25) is 0 Å². The fourth-order valence-corrected chi connectivity index (χ4v) is 8.12. The molecule has 1 heterocycles. The zero-order valence-electron chi connectivity index (χ0n) is 19.4. The van der Waals surface area contributed by atoms with Crippen LogP contribution in [-0.4, -0.2) is 29.8 Å². The maximum atomic E-state index is 14.0. The molecule has 1 aromatic carbocycles. The van der Waals surface area contributed by atoms with E-state index in [0.717, 1.165) is 38.5 Å². The maximum absolute atomic E-state index is 14.0. The van der Waals surface area contributed by atoms with E-state index in [1.165, 1.54) is 6.07 Å². The van der Waals surface area contributed by atoms with Crippen LogP contribution in [0.25, 0.3) is 0 Å². The first-order valence-corrected chi connectivity index (χ1v) is 12.2. The summed E-state index contributed by atoms with van der Waals surface area (Å²) >= 11 is 0. The molecule has 0 bridgehead atoms. The molecule has 4 aliphatic rings. The number of halogens is 1. The third kappa shape index (κ3) is 3.14. The number of carbonyl (C=O) groups excluding carboxylic acids is 2. The quantitative estimate of drug-likeness (QED) is 0.744. The number of rotatable bonds is 3. The summed E-state index contributed by atoms with van der Waals surface area (Å²) < 4.78 is 14.0. The molecule has 3 aliphatic carbocycles. The van der Waals surface area contributed by atoms with E-state index in [-0.39, 0.29) is 47.0 Å². The van der Waals surface area contributed by atoms with E-state index in [4.69, 9.17) is 0 Å². The van der Waals surface area contributed by atoms with E-state index in [2.05, 4.69) is 25.2 Å². The van der Waals surface area contributed by atoms with Crippen LogP contribution in [0.5, 0.6) is 0 Å². The number of carbonyl (C=O) groups is 2. The van der Waals surface area contributed by atoms with Crippen molar-refractivity contribution < 1.29 is 14.0 Å². The lowest BCUT2D eigenvalue weighted by molar-refractivity contribution is -0.142. The van der Waals surface area contributed by atoms with Crippen molar-refractivity contribution in [2.24, 2.45) is 34.5 Å². The van der Waals surface area contributed by atoms with Crippen molar-refractivity contribution in [2.75, 3.05) is 7.05 Å². The Hall–Kier alpha value is -2.17. The predicted octanol–water partition coefficient (Wildman–Crippen LogP) is 4.70. The van der Waals surface area contributed by atoms with Crippen LogP contribution in [0.15, 0.2) is 36.4 Å². The molecule has 5 rings (SSSR count). The zero-order chi connectivity index (χ0) is 22.7. The first kappa shape index (κ1) is 21.7. The van der Waals surface area contributed by atoms with Gasteiger partial charge in [-0.15, -0.1) is 0 Å². The highest BCUT2D eigenvalue weighted by atomic mass is 19.1. The van der Waals surface area contributed by atoms with Gasteiger partial charge in [-0.25, -0.2) is 4.39 Å². The summed E-state index contributed by atoms with van der Waals surface area (Å²) in [5, 5.41) is 3.04. The molecular weight excluding hydrogens is 403 g/mol. The van der Waals surface area contributed by atoms with Gasteiger partial charge in [-0.05, 0) is 73.8 Å². The number of hydrogen-bond donors (Lipinski definition) is 1. The predicted molar refractivity (Wildman–Crippen MR) is 122 cm³/mol. The fourth-order valence-electron chi connectivity index (χ4n) is 8.12. The lowest BCUT2D eigenvalue weighted by Crippen LogP contribution is -2.59. The summed E-state index contributed by atoms with van der Waals surface area (Å²) in [6.45, 7) is 4.93. The standard InChI is InChI=1S/C27H35FN2O2/c1-26-14-12-20-18(8-11-23-27(20,2)15-13-24(31)30(23)3)19(26)9-10-21(26)25(32)29-16-17-6-4-5-7-22(17)28/h4-7,13,15,18-21,23H,8-12,14,16H2,1-3H3,(H,29,32)/t18-,19-,20+,21?,23?,26-,27+/m0/s1. The van der Waals surface area contributed by atoms with Gasteiger partial charge in [0, 0.05) is 36.5 Å². The molecule has 1 aromatic rings. The molecule has 3 saturated carbocycles. The second-order valence-corrected chi connectivity index (χ2v) is 11.1. The first-order valence-electron chi connectivity index (χ1n) is 12.2. The maximum Gasteiger partial charge on any atom is 0.246 e. The Bertz CT molecular complexity index is 961. The van der Waals surface area contributed by atoms with Gasteiger partial charge in [0.05, 0.1) is 0 Å². The van der Waals surface area contributed by atoms with Crippen LogP contribution in [0, 0.1) is 40.3 Å². The van der Waals surface area contributed by atoms with Gasteiger partial charge < -0.3 is 10.2 Å². The highest BCUT2D eigenvalue weighted by Gasteiger charge is 2.61. The summed E-state index contributed by atoms with van der Waals surface area (Å²) in [4.78, 5) is 27.4. The number of fused-ring (bicyclic) bond motifs is 5. The van der Waals surface area contributed by atoms with Crippen LogP contribution in [0.1, 0.15) is 57.9 Å². The average Bonchev–Trinajstić information content (AvgIpc) is 3.13. The zero-order valence-corrected chi connectivity index (χ0v) is 19.4. The smallest absolute Gasteiger partial charge is 0.246 e. The normalized spacial score (nSPS) is 40.4. The molecule has 4 nitrogen and oxygen atoms in total. The minimum Gasteiger partial charge on any atom is -0.352 e. The molecule has 3 fully saturated rings. The topological polar surface area (TPSA) is 49.4 Å². The molecule has 7 atom stereocenters. The van der Waals surface area contributed by atoms with E-state index in [9.17, 15) is 14.0 Å². The molecule has 0 spiro atoms. The third-order valence-electron chi connectivity index (χ3n) is 9.86. The van der Waals surface area contributed by atoms with E-state index in [1.807, 2.05) is 11.9 Å². The van der Waals surface area contributed by atoms with Crippen molar-refractivity contribution in [3.8, 4) is 0 Å². The van der Waals surface area contributed by atoms with Gasteiger partial charge in [0.25, 0.3) is 0 Å². The SMILES string of the molecule is CN1C(=O)C=C[C@@]2(C)C1CC[C@@H]1[C@H]2CC[C@]2(C)C(C(=O)NCc3ccccc3F)CC[C@@H]12. The van der Waals surface area contributed by atoms with Gasteiger partial charge in [-0.2, -0.15) is 0 Å². The molecule has 1 N–H and O–H groups in total. The number of amides is 2. The van der Waals surface area contributed by atoms with Crippen LogP contribution >= 0.6 is 0 Å². The number of likely N-dealkylation sites (N-methyl/N-ethyl adjacent to an activating group) is 1. The minimum absolute atomic E-state index is 0.00287. The largest absolute Gasteiger partial charge is 0.352 e. The Labute approximate surface area is 190 Å². The Morgan fingerprint density at radius 1 is 1.12 bits per heavy atom. The Morgan fingerprint density at radius 2 is 1.91 bits per heavy atom. The number of nitrogens with one attached hydrogen (secondary N) is 1. The van der Waals surface area contributed by atoms with Crippen LogP contribution < -0.4 is 5.32 Å². The lowest BCUT2D eigenvalue weighted by Gasteiger charge is -2.60. The molecule has 2 amide bonds. The average molecular weight is 439 g/mol. The summed E-state index contributed by atoms with van der Waals surface area (Å²) in [5.74, 6) is 1.64. The Morgan fingerprint density at radius 3 is 2.69 bits per heavy atom. The van der Waals surface area contributed by atoms with Crippen molar-refractivity contribution in [3.05, 3.63) is 47.8 Å². The van der Waals surface area contributed by atoms with E-state index in [1.54, 1.807) is 24.3 Å². The third-order valence-corrected chi connectivity index (χ3v) is 9.86. The summed E-state index contributed by atoms with van der Waals surface area (Å²) in [7, 11) is 1.95. The van der Waals surface area contributed by atoms with Crippen molar-refractivity contribution >= 4 is 11.8 Å². The van der Waals surface area contributed by atoms with Gasteiger partial charge in [0.15, 0.2) is 0 Å². The lowest BCUT2D eigenvalue weighted by atomic mass is 9.47. The van der Waals surface area contributed by atoms with Gasteiger partial charge in [-0.3, -0.25) is 9.59 Å². The van der Waals surface area contributed by atoms with Crippen molar-refractivity contribution in [3.63, 3.8) is 0 Å². The highest BCUT2D eigenvalue weighted by molar-refractivity contribution is 5.89. The van der Waals surface area contributed by atoms with Gasteiger partial charge in [0.1, 0.15) is 5.82 Å². The van der Waals surface area contributed by atoms with Crippen LogP contribution in [-0.2, 0) is 16.1 Å². The van der Waals surface area contributed by atoms with Gasteiger partial charge in [0.2, 0.25) is 11.8 Å². The van der Waals surface area contributed by atoms with Crippen molar-refractivity contribution in [1.82, 2.24) is 10.2 Å². The molecule has 0 saturated heterocycles. The van der Waals surface area contributed by atoms with Crippen LogP contribution in [0.3, 0.4) is 0 Å².